The van der Waals surface area contributed by atoms with Crippen LogP contribution in [-0.4, -0.2) is 17.5 Å². The van der Waals surface area contributed by atoms with Gasteiger partial charge in [-0.15, -0.1) is 0 Å². The molecule has 0 bridgehead atoms. The summed E-state index contributed by atoms with van der Waals surface area (Å²) in [6.07, 6.45) is 1.64. The van der Waals surface area contributed by atoms with Gasteiger partial charge in [0.25, 0.3) is 5.91 Å². The average molecular weight is 321 g/mol. The van der Waals surface area contributed by atoms with E-state index in [-0.39, 0.29) is 12.5 Å². The summed E-state index contributed by atoms with van der Waals surface area (Å²) in [4.78, 5) is 15.7. The van der Waals surface area contributed by atoms with Crippen molar-refractivity contribution in [1.29, 1.82) is 0 Å². The first-order valence-electron chi connectivity index (χ1n) is 5.75. The van der Waals surface area contributed by atoms with Crippen LogP contribution in [0, 0.1) is 6.92 Å². The molecule has 0 saturated heterocycles. The SMILES string of the molecule is Cc1cccc(NC(=O)COc2cccnc2Br)c1. The minimum Gasteiger partial charge on any atom is -0.481 e. The molecule has 19 heavy (non-hydrogen) atoms. The topological polar surface area (TPSA) is 51.2 Å². The first kappa shape index (κ1) is 13.5. The van der Waals surface area contributed by atoms with Crippen LogP contribution in [0.25, 0.3) is 0 Å². The van der Waals surface area contributed by atoms with E-state index in [1.165, 1.54) is 0 Å². The Labute approximate surface area is 119 Å². The number of carbonyl (C=O) groups excluding carboxylic acids is 1. The van der Waals surface area contributed by atoms with Crippen molar-refractivity contribution in [3.8, 4) is 5.75 Å². The van der Waals surface area contributed by atoms with E-state index in [9.17, 15) is 4.79 Å². The molecule has 2 rings (SSSR count). The van der Waals surface area contributed by atoms with Gasteiger partial charge in [-0.25, -0.2) is 4.98 Å². The van der Waals surface area contributed by atoms with Crippen LogP contribution in [0.4, 0.5) is 5.69 Å². The minimum absolute atomic E-state index is 0.0573. The van der Waals surface area contributed by atoms with E-state index < -0.39 is 0 Å². The maximum Gasteiger partial charge on any atom is 0.262 e. The molecule has 0 atom stereocenters. The van der Waals surface area contributed by atoms with E-state index in [1.807, 2.05) is 31.2 Å². The van der Waals surface area contributed by atoms with Gasteiger partial charge in [-0.05, 0) is 52.7 Å². The van der Waals surface area contributed by atoms with Crippen molar-refractivity contribution < 1.29 is 9.53 Å². The third kappa shape index (κ3) is 4.06. The summed E-state index contributed by atoms with van der Waals surface area (Å²) in [7, 11) is 0. The maximum atomic E-state index is 11.7. The van der Waals surface area contributed by atoms with Crippen molar-refractivity contribution in [3.05, 3.63) is 52.8 Å². The van der Waals surface area contributed by atoms with Gasteiger partial charge in [0.2, 0.25) is 0 Å². The van der Waals surface area contributed by atoms with E-state index in [1.54, 1.807) is 18.3 Å². The number of halogens is 1. The number of aromatic nitrogens is 1. The van der Waals surface area contributed by atoms with Gasteiger partial charge >= 0.3 is 0 Å². The molecule has 1 N–H and O–H groups in total. The molecular formula is C14H13BrN2O2. The van der Waals surface area contributed by atoms with Crippen molar-refractivity contribution in [2.75, 3.05) is 11.9 Å². The Morgan fingerprint density at radius 2 is 2.21 bits per heavy atom. The van der Waals surface area contributed by atoms with Gasteiger partial charge in [-0.1, -0.05) is 12.1 Å². The van der Waals surface area contributed by atoms with E-state index >= 15 is 0 Å². The molecule has 1 amide bonds. The standard InChI is InChI=1S/C14H13BrN2O2/c1-10-4-2-5-11(8-10)17-13(18)9-19-12-6-3-7-16-14(12)15/h2-8H,9H2,1H3,(H,17,18). The van der Waals surface area contributed by atoms with Gasteiger partial charge in [-0.3, -0.25) is 4.79 Å². The van der Waals surface area contributed by atoms with Gasteiger partial charge in [0.15, 0.2) is 12.4 Å². The Morgan fingerprint density at radius 3 is 2.95 bits per heavy atom. The fraction of sp³-hybridized carbons (Fsp3) is 0.143. The Balaban J connectivity index is 1.90. The van der Waals surface area contributed by atoms with Gasteiger partial charge in [0, 0.05) is 11.9 Å². The molecule has 98 valence electrons. The van der Waals surface area contributed by atoms with Crippen molar-refractivity contribution in [2.45, 2.75) is 6.92 Å². The minimum atomic E-state index is -0.207. The third-order valence-corrected chi connectivity index (χ3v) is 2.98. The summed E-state index contributed by atoms with van der Waals surface area (Å²) in [5.41, 5.74) is 1.85. The number of hydrogen-bond acceptors (Lipinski definition) is 3. The Hall–Kier alpha value is -1.88. The highest BCUT2D eigenvalue weighted by Gasteiger charge is 2.06. The predicted octanol–water partition coefficient (Wildman–Crippen LogP) is 3.17. The Bertz CT molecular complexity index is 587. The maximum absolute atomic E-state index is 11.7. The lowest BCUT2D eigenvalue weighted by Crippen LogP contribution is -2.20. The smallest absolute Gasteiger partial charge is 0.262 e. The highest BCUT2D eigenvalue weighted by Crippen LogP contribution is 2.20. The predicted molar refractivity (Wildman–Crippen MR) is 77.2 cm³/mol. The quantitative estimate of drug-likeness (QED) is 0.880. The molecule has 0 spiro atoms. The van der Waals surface area contributed by atoms with Gasteiger partial charge in [0.05, 0.1) is 0 Å². The highest BCUT2D eigenvalue weighted by atomic mass is 79.9. The fourth-order valence-electron chi connectivity index (χ4n) is 1.54. The molecule has 0 unspecified atom stereocenters. The van der Waals surface area contributed by atoms with Gasteiger partial charge < -0.3 is 10.1 Å². The summed E-state index contributed by atoms with van der Waals surface area (Å²) < 4.78 is 5.96. The second-order valence-corrected chi connectivity index (χ2v) is 4.75. The number of nitrogens with one attached hydrogen (secondary N) is 1. The first-order valence-corrected chi connectivity index (χ1v) is 6.54. The number of hydrogen-bond donors (Lipinski definition) is 1. The molecule has 0 aliphatic carbocycles. The van der Waals surface area contributed by atoms with Crippen molar-refractivity contribution >= 4 is 27.5 Å². The van der Waals surface area contributed by atoms with Crippen LogP contribution in [0.2, 0.25) is 0 Å². The number of amides is 1. The number of ether oxygens (including phenoxy) is 1. The fourth-order valence-corrected chi connectivity index (χ4v) is 1.91. The van der Waals surface area contributed by atoms with Crippen LogP contribution in [0.15, 0.2) is 47.2 Å². The number of carbonyl (C=O) groups is 1. The lowest BCUT2D eigenvalue weighted by atomic mass is 10.2. The second kappa shape index (κ2) is 6.33. The molecule has 0 fully saturated rings. The molecular weight excluding hydrogens is 308 g/mol. The molecule has 0 radical (unpaired) electrons. The zero-order valence-corrected chi connectivity index (χ0v) is 12.0. The number of anilines is 1. The molecule has 5 heteroatoms. The first-order chi connectivity index (χ1) is 9.15. The molecule has 1 heterocycles. The third-order valence-electron chi connectivity index (χ3n) is 2.39. The number of nitrogens with zero attached hydrogens (tertiary/aromatic N) is 1. The van der Waals surface area contributed by atoms with E-state index in [0.717, 1.165) is 11.3 Å². The second-order valence-electron chi connectivity index (χ2n) is 4.00. The van der Waals surface area contributed by atoms with E-state index in [4.69, 9.17) is 4.74 Å². The van der Waals surface area contributed by atoms with E-state index in [2.05, 4.69) is 26.2 Å². The monoisotopic (exact) mass is 320 g/mol. The van der Waals surface area contributed by atoms with Crippen LogP contribution < -0.4 is 10.1 Å². The van der Waals surface area contributed by atoms with Crippen molar-refractivity contribution in [3.63, 3.8) is 0 Å². The molecule has 0 saturated carbocycles. The molecule has 1 aromatic heterocycles. The van der Waals surface area contributed by atoms with Crippen LogP contribution >= 0.6 is 15.9 Å². The van der Waals surface area contributed by atoms with Gasteiger partial charge in [-0.2, -0.15) is 0 Å². The van der Waals surface area contributed by atoms with Crippen LogP contribution in [0.3, 0.4) is 0 Å². The summed E-state index contributed by atoms with van der Waals surface area (Å²) in [6.45, 7) is 1.91. The molecule has 0 aliphatic rings. The van der Waals surface area contributed by atoms with Gasteiger partial charge in [0.1, 0.15) is 4.60 Å². The molecule has 1 aromatic carbocycles. The highest BCUT2D eigenvalue weighted by molar-refractivity contribution is 9.10. The largest absolute Gasteiger partial charge is 0.481 e. The normalized spacial score (nSPS) is 10.0. The Kier molecular flexibility index (Phi) is 4.52. The average Bonchev–Trinajstić information content (AvgIpc) is 2.38. The number of rotatable bonds is 4. The number of benzene rings is 1. The number of aryl methyl sites for hydroxylation is 1. The summed E-state index contributed by atoms with van der Waals surface area (Å²) >= 11 is 3.25. The van der Waals surface area contributed by atoms with E-state index in [0.29, 0.717) is 10.4 Å². The van der Waals surface area contributed by atoms with Crippen LogP contribution in [0.1, 0.15) is 5.56 Å². The summed E-state index contributed by atoms with van der Waals surface area (Å²) in [5, 5.41) is 2.77. The number of pyridine rings is 1. The lowest BCUT2D eigenvalue weighted by Gasteiger charge is -2.08. The van der Waals surface area contributed by atoms with Crippen molar-refractivity contribution in [2.24, 2.45) is 0 Å². The zero-order valence-electron chi connectivity index (χ0n) is 10.4. The molecule has 0 aliphatic heterocycles. The molecule has 2 aromatic rings. The van der Waals surface area contributed by atoms with Crippen LogP contribution in [-0.2, 0) is 4.79 Å². The zero-order chi connectivity index (χ0) is 13.7. The summed E-state index contributed by atoms with van der Waals surface area (Å²) in [5.74, 6) is 0.336. The summed E-state index contributed by atoms with van der Waals surface area (Å²) in [6, 6.07) is 11.1. The van der Waals surface area contributed by atoms with Crippen molar-refractivity contribution in [1.82, 2.24) is 4.98 Å². The Morgan fingerprint density at radius 1 is 1.37 bits per heavy atom. The lowest BCUT2D eigenvalue weighted by molar-refractivity contribution is -0.118. The van der Waals surface area contributed by atoms with Crippen LogP contribution in [0.5, 0.6) is 5.75 Å². The molecule has 4 nitrogen and oxygen atoms in total.